The Morgan fingerprint density at radius 2 is 1.70 bits per heavy atom. The number of ether oxygens (including phenoxy) is 1. The topological polar surface area (TPSA) is 70.6 Å². The van der Waals surface area contributed by atoms with Crippen molar-refractivity contribution in [3.05, 3.63) is 35.0 Å². The Morgan fingerprint density at radius 1 is 0.939 bits per heavy atom. The highest BCUT2D eigenvalue weighted by Gasteiger charge is 2.42. The molecule has 4 aliphatic heterocycles. The number of anilines is 3. The van der Waals surface area contributed by atoms with E-state index in [1.54, 1.807) is 5.56 Å². The van der Waals surface area contributed by atoms with Crippen LogP contribution in [0, 0.1) is 11.8 Å². The zero-order valence-electron chi connectivity index (χ0n) is 19.0. The van der Waals surface area contributed by atoms with Crippen LogP contribution in [0.1, 0.15) is 29.7 Å². The molecule has 5 aliphatic rings. The number of aryl methyl sites for hydroxylation is 3. The number of nitrogens with one attached hydrogen (secondary N) is 1. The molecule has 0 saturated carbocycles. The first-order chi connectivity index (χ1) is 16.2. The van der Waals surface area contributed by atoms with Crippen LogP contribution in [-0.2, 0) is 34.8 Å². The molecule has 7 nitrogen and oxygen atoms in total. The van der Waals surface area contributed by atoms with Gasteiger partial charge in [-0.1, -0.05) is 6.07 Å². The number of fused-ring (bicyclic) bond motifs is 3. The van der Waals surface area contributed by atoms with Crippen molar-refractivity contribution in [3.63, 3.8) is 0 Å². The SMILES string of the molecule is O=[S@]1CCc2nc(N3C[C@H]4CN(c5ccc6c(c5)CC6)C[C@H]4C3)nc(NC3CCOCC3)c21. The molecule has 8 heteroatoms. The van der Waals surface area contributed by atoms with Gasteiger partial charge in [-0.05, 0) is 48.9 Å². The molecule has 5 heterocycles. The van der Waals surface area contributed by atoms with Crippen molar-refractivity contribution in [2.45, 2.75) is 43.0 Å². The second-order valence-corrected chi connectivity index (χ2v) is 11.8. The summed E-state index contributed by atoms with van der Waals surface area (Å²) < 4.78 is 18.2. The smallest absolute Gasteiger partial charge is 0.227 e. The standard InChI is InChI=1S/C25H31N5O2S/c31-33-10-7-22-23(33)24(26-20-5-8-32-9-6-20)28-25(27-22)30-14-18-12-29(13-19(18)15-30)21-4-3-16-1-2-17(16)11-21/h3-4,11,18-20H,1-2,5-10,12-15H2,(H,26,27,28)/t18-,19+,33-/m0/s1. The number of aromatic nitrogens is 2. The lowest BCUT2D eigenvalue weighted by Gasteiger charge is -2.27. The summed E-state index contributed by atoms with van der Waals surface area (Å²) in [6.45, 7) is 5.79. The summed E-state index contributed by atoms with van der Waals surface area (Å²) in [4.78, 5) is 15.7. The molecule has 1 aromatic heterocycles. The maximum atomic E-state index is 12.7. The van der Waals surface area contributed by atoms with Crippen LogP contribution in [0.5, 0.6) is 0 Å². The summed E-state index contributed by atoms with van der Waals surface area (Å²) in [5.41, 5.74) is 5.45. The van der Waals surface area contributed by atoms with E-state index >= 15 is 0 Å². The lowest BCUT2D eigenvalue weighted by molar-refractivity contribution is 0.0903. The summed E-state index contributed by atoms with van der Waals surface area (Å²) in [6, 6.07) is 7.38. The molecule has 1 aliphatic carbocycles. The second kappa shape index (κ2) is 7.94. The van der Waals surface area contributed by atoms with Gasteiger partial charge in [-0.3, -0.25) is 4.21 Å². The normalized spacial score (nSPS) is 28.4. The summed E-state index contributed by atoms with van der Waals surface area (Å²) in [5, 5.41) is 3.61. The van der Waals surface area contributed by atoms with E-state index in [4.69, 9.17) is 14.7 Å². The fourth-order valence-electron chi connectivity index (χ4n) is 6.20. The third kappa shape index (κ3) is 3.53. The van der Waals surface area contributed by atoms with E-state index in [0.29, 0.717) is 23.6 Å². The molecule has 1 N–H and O–H groups in total. The van der Waals surface area contributed by atoms with Crippen molar-refractivity contribution in [3.8, 4) is 0 Å². The Kier molecular flexibility index (Phi) is 4.86. The molecule has 1 aromatic carbocycles. The van der Waals surface area contributed by atoms with Crippen molar-refractivity contribution >= 4 is 28.3 Å². The van der Waals surface area contributed by atoms with Gasteiger partial charge in [0.15, 0.2) is 0 Å². The quantitative estimate of drug-likeness (QED) is 0.744. The Balaban J connectivity index is 1.09. The van der Waals surface area contributed by atoms with Gasteiger partial charge in [0.1, 0.15) is 10.7 Å². The van der Waals surface area contributed by atoms with Crippen LogP contribution >= 0.6 is 0 Å². The van der Waals surface area contributed by atoms with Crippen molar-refractivity contribution in [1.82, 2.24) is 9.97 Å². The number of benzene rings is 1. The number of hydrogen-bond donors (Lipinski definition) is 1. The van der Waals surface area contributed by atoms with Crippen LogP contribution in [0.2, 0.25) is 0 Å². The zero-order chi connectivity index (χ0) is 21.9. The molecule has 3 atom stereocenters. The van der Waals surface area contributed by atoms with Gasteiger partial charge in [0.05, 0.1) is 16.5 Å². The third-order valence-corrected chi connectivity index (χ3v) is 9.69. The van der Waals surface area contributed by atoms with Gasteiger partial charge >= 0.3 is 0 Å². The predicted octanol–water partition coefficient (Wildman–Crippen LogP) is 2.40. The molecular weight excluding hydrogens is 434 g/mol. The van der Waals surface area contributed by atoms with Gasteiger partial charge in [-0.2, -0.15) is 4.98 Å². The van der Waals surface area contributed by atoms with Gasteiger partial charge in [0.25, 0.3) is 0 Å². The van der Waals surface area contributed by atoms with E-state index in [9.17, 15) is 4.21 Å². The number of hydrogen-bond acceptors (Lipinski definition) is 7. The van der Waals surface area contributed by atoms with Crippen LogP contribution in [0.4, 0.5) is 17.5 Å². The van der Waals surface area contributed by atoms with Gasteiger partial charge in [0.2, 0.25) is 5.95 Å². The second-order valence-electron chi connectivity index (χ2n) is 10.3. The van der Waals surface area contributed by atoms with Crippen molar-refractivity contribution in [2.24, 2.45) is 11.8 Å². The minimum atomic E-state index is -0.997. The van der Waals surface area contributed by atoms with E-state index in [1.165, 1.54) is 24.1 Å². The molecule has 174 valence electrons. The molecule has 0 unspecified atom stereocenters. The van der Waals surface area contributed by atoms with E-state index in [1.807, 2.05) is 0 Å². The highest BCUT2D eigenvalue weighted by atomic mass is 32.2. The lowest BCUT2D eigenvalue weighted by atomic mass is 9.88. The van der Waals surface area contributed by atoms with Crippen molar-refractivity contribution in [1.29, 1.82) is 0 Å². The zero-order valence-corrected chi connectivity index (χ0v) is 19.8. The molecule has 0 bridgehead atoms. The first-order valence-corrected chi connectivity index (χ1v) is 13.8. The Hall–Kier alpha value is -2.19. The van der Waals surface area contributed by atoms with E-state index < -0.39 is 10.8 Å². The number of nitrogens with zero attached hydrogens (tertiary/aromatic N) is 4. The summed E-state index contributed by atoms with van der Waals surface area (Å²) in [7, 11) is -0.997. The molecule has 0 spiro atoms. The monoisotopic (exact) mass is 465 g/mol. The van der Waals surface area contributed by atoms with Gasteiger partial charge < -0.3 is 19.9 Å². The molecule has 2 aromatic rings. The summed E-state index contributed by atoms with van der Waals surface area (Å²) >= 11 is 0. The molecule has 0 radical (unpaired) electrons. The molecule has 3 fully saturated rings. The Labute approximate surface area is 197 Å². The third-order valence-electron chi connectivity index (χ3n) is 8.23. The molecule has 3 saturated heterocycles. The summed E-state index contributed by atoms with van der Waals surface area (Å²) in [5.74, 6) is 3.59. The molecule has 33 heavy (non-hydrogen) atoms. The van der Waals surface area contributed by atoms with E-state index in [2.05, 4.69) is 33.3 Å². The van der Waals surface area contributed by atoms with Gasteiger partial charge in [0, 0.05) is 75.1 Å². The van der Waals surface area contributed by atoms with E-state index in [0.717, 1.165) is 81.0 Å². The van der Waals surface area contributed by atoms with E-state index in [-0.39, 0.29) is 0 Å². The largest absolute Gasteiger partial charge is 0.381 e. The minimum Gasteiger partial charge on any atom is -0.381 e. The van der Waals surface area contributed by atoms with Gasteiger partial charge in [-0.25, -0.2) is 4.98 Å². The van der Waals surface area contributed by atoms with Crippen LogP contribution in [-0.4, -0.2) is 65.4 Å². The predicted molar refractivity (Wildman–Crippen MR) is 130 cm³/mol. The minimum absolute atomic E-state index is 0.331. The highest BCUT2D eigenvalue weighted by molar-refractivity contribution is 7.85. The average Bonchev–Trinajstić information content (AvgIpc) is 3.49. The lowest BCUT2D eigenvalue weighted by Crippen LogP contribution is -2.31. The molecule has 7 rings (SSSR count). The van der Waals surface area contributed by atoms with Crippen molar-refractivity contribution < 1.29 is 8.95 Å². The Morgan fingerprint density at radius 3 is 2.42 bits per heavy atom. The van der Waals surface area contributed by atoms with Crippen molar-refractivity contribution in [2.75, 3.05) is 60.3 Å². The maximum absolute atomic E-state index is 12.7. The fraction of sp³-hybridized carbons (Fsp3) is 0.600. The number of rotatable bonds is 4. The van der Waals surface area contributed by atoms with Crippen LogP contribution < -0.4 is 15.1 Å². The Bertz CT molecular complexity index is 1100. The first-order valence-electron chi connectivity index (χ1n) is 12.5. The van der Waals surface area contributed by atoms with Crippen LogP contribution in [0.3, 0.4) is 0 Å². The first kappa shape index (κ1) is 20.2. The maximum Gasteiger partial charge on any atom is 0.227 e. The molecular formula is C25H31N5O2S. The van der Waals surface area contributed by atoms with Crippen LogP contribution in [0.25, 0.3) is 0 Å². The average molecular weight is 466 g/mol. The molecule has 0 amide bonds. The highest BCUT2D eigenvalue weighted by Crippen LogP contribution is 2.38. The summed E-state index contributed by atoms with van der Waals surface area (Å²) in [6.07, 6.45) is 5.20. The van der Waals surface area contributed by atoms with Crippen LogP contribution in [0.15, 0.2) is 23.1 Å². The van der Waals surface area contributed by atoms with Gasteiger partial charge in [-0.15, -0.1) is 0 Å². The fourth-order valence-corrected chi connectivity index (χ4v) is 7.52.